The van der Waals surface area contributed by atoms with Crippen LogP contribution in [-0.2, 0) is 4.79 Å². The Morgan fingerprint density at radius 1 is 0.700 bits per heavy atom. The van der Waals surface area contributed by atoms with Crippen molar-refractivity contribution in [1.29, 1.82) is 0 Å². The average Bonchev–Trinajstić information content (AvgIpc) is 2.80. The molecule has 0 spiro atoms. The molecular formula is C27H22N2O. The van der Waals surface area contributed by atoms with Crippen LogP contribution in [0.1, 0.15) is 28.2 Å². The van der Waals surface area contributed by atoms with Crippen LogP contribution < -0.4 is 5.32 Å². The van der Waals surface area contributed by atoms with Gasteiger partial charge in [0.05, 0.1) is 5.92 Å². The molecule has 0 bridgehead atoms. The first-order chi connectivity index (χ1) is 14.8. The van der Waals surface area contributed by atoms with Crippen LogP contribution in [0.5, 0.6) is 0 Å². The predicted molar refractivity (Wildman–Crippen MR) is 123 cm³/mol. The van der Waals surface area contributed by atoms with E-state index in [0.29, 0.717) is 0 Å². The number of amides is 1. The van der Waals surface area contributed by atoms with Gasteiger partial charge in [0.15, 0.2) is 0 Å². The first kappa shape index (κ1) is 19.3. The molecule has 3 aromatic carbocycles. The topological polar surface area (TPSA) is 42.0 Å². The summed E-state index contributed by atoms with van der Waals surface area (Å²) in [5.74, 6) is -0.425. The number of nitrogens with one attached hydrogen (secondary N) is 1. The number of nitrogens with zero attached hydrogens (tertiary/aromatic N) is 1. The lowest BCUT2D eigenvalue weighted by Crippen LogP contribution is -2.22. The molecule has 0 aliphatic rings. The molecule has 0 saturated carbocycles. The minimum atomic E-state index is -0.372. The lowest BCUT2D eigenvalue weighted by atomic mass is 9.90. The second-order valence-electron chi connectivity index (χ2n) is 6.98. The van der Waals surface area contributed by atoms with Crippen molar-refractivity contribution in [1.82, 2.24) is 4.98 Å². The zero-order valence-electron chi connectivity index (χ0n) is 16.5. The van der Waals surface area contributed by atoms with E-state index in [0.717, 1.165) is 27.9 Å². The Bertz CT molecular complexity index is 1080. The van der Waals surface area contributed by atoms with Crippen LogP contribution >= 0.6 is 0 Å². The van der Waals surface area contributed by atoms with Crippen LogP contribution in [0.3, 0.4) is 0 Å². The second-order valence-corrected chi connectivity index (χ2v) is 6.98. The molecule has 1 aromatic heterocycles. The van der Waals surface area contributed by atoms with Gasteiger partial charge < -0.3 is 5.32 Å². The number of hydrogen-bond donors (Lipinski definition) is 1. The van der Waals surface area contributed by atoms with Gasteiger partial charge in [0, 0.05) is 18.1 Å². The third-order valence-corrected chi connectivity index (χ3v) is 4.86. The maximum atomic E-state index is 13.3. The van der Waals surface area contributed by atoms with Gasteiger partial charge in [-0.25, -0.2) is 0 Å². The standard InChI is InChI=1S/C27H22N2O/c30-27(26(23-9-3-1-4-10-23)24-11-5-2-6-12-24)29-25-13-7-8-22(20-25)15-14-21-16-18-28-19-17-21/h1-20,26H,(H,29,30)/b15-14+. The SMILES string of the molecule is O=C(Nc1cccc(/C=C/c2ccncc2)c1)C(c1ccccc1)c1ccccc1. The second kappa shape index (κ2) is 9.48. The fourth-order valence-electron chi connectivity index (χ4n) is 3.39. The molecule has 0 aliphatic heterocycles. The molecule has 0 fully saturated rings. The van der Waals surface area contributed by atoms with Crippen molar-refractivity contribution in [2.24, 2.45) is 0 Å². The molecule has 3 nitrogen and oxygen atoms in total. The van der Waals surface area contributed by atoms with Crippen LogP contribution in [0.4, 0.5) is 5.69 Å². The molecule has 0 saturated heterocycles. The monoisotopic (exact) mass is 390 g/mol. The van der Waals surface area contributed by atoms with Gasteiger partial charge in [0.25, 0.3) is 0 Å². The molecular weight excluding hydrogens is 368 g/mol. The van der Waals surface area contributed by atoms with Gasteiger partial charge in [0.1, 0.15) is 0 Å². The largest absolute Gasteiger partial charge is 0.325 e. The van der Waals surface area contributed by atoms with Crippen molar-refractivity contribution in [2.45, 2.75) is 5.92 Å². The summed E-state index contributed by atoms with van der Waals surface area (Å²) in [6.45, 7) is 0. The zero-order chi connectivity index (χ0) is 20.6. The van der Waals surface area contributed by atoms with Gasteiger partial charge >= 0.3 is 0 Å². The van der Waals surface area contributed by atoms with Crippen molar-refractivity contribution in [3.8, 4) is 0 Å². The smallest absolute Gasteiger partial charge is 0.236 e. The minimum Gasteiger partial charge on any atom is -0.325 e. The Hall–Kier alpha value is -3.98. The third kappa shape index (κ3) is 4.89. The van der Waals surface area contributed by atoms with Crippen LogP contribution in [0.15, 0.2) is 109 Å². The van der Waals surface area contributed by atoms with Gasteiger partial charge in [-0.2, -0.15) is 0 Å². The highest BCUT2D eigenvalue weighted by Crippen LogP contribution is 2.26. The van der Waals surface area contributed by atoms with Crippen molar-refractivity contribution in [3.05, 3.63) is 132 Å². The summed E-state index contributed by atoms with van der Waals surface area (Å²) >= 11 is 0. The molecule has 1 heterocycles. The fraction of sp³-hybridized carbons (Fsp3) is 0.0370. The van der Waals surface area contributed by atoms with Crippen molar-refractivity contribution in [3.63, 3.8) is 0 Å². The molecule has 3 heteroatoms. The molecule has 4 rings (SSSR count). The predicted octanol–water partition coefficient (Wildman–Crippen LogP) is 6.02. The maximum Gasteiger partial charge on any atom is 0.236 e. The van der Waals surface area contributed by atoms with Gasteiger partial charge in [-0.15, -0.1) is 0 Å². The van der Waals surface area contributed by atoms with E-state index in [1.165, 1.54) is 0 Å². The molecule has 1 amide bonds. The quantitative estimate of drug-likeness (QED) is 0.437. The highest BCUT2D eigenvalue weighted by molar-refractivity contribution is 5.98. The number of rotatable bonds is 6. The third-order valence-electron chi connectivity index (χ3n) is 4.86. The molecule has 0 atom stereocenters. The number of carbonyl (C=O) groups is 1. The summed E-state index contributed by atoms with van der Waals surface area (Å²) in [5.41, 5.74) is 4.80. The van der Waals surface area contributed by atoms with Crippen molar-refractivity contribution in [2.75, 3.05) is 5.32 Å². The van der Waals surface area contributed by atoms with Crippen LogP contribution in [0.25, 0.3) is 12.2 Å². The van der Waals surface area contributed by atoms with E-state index in [-0.39, 0.29) is 11.8 Å². The number of anilines is 1. The van der Waals surface area contributed by atoms with E-state index in [1.807, 2.05) is 109 Å². The van der Waals surface area contributed by atoms with E-state index in [9.17, 15) is 4.79 Å². The Labute approximate surface area is 176 Å². The summed E-state index contributed by atoms with van der Waals surface area (Å²) in [7, 11) is 0. The normalized spacial score (nSPS) is 11.0. The lowest BCUT2D eigenvalue weighted by Gasteiger charge is -2.18. The highest BCUT2D eigenvalue weighted by Gasteiger charge is 2.22. The first-order valence-corrected chi connectivity index (χ1v) is 9.88. The molecule has 4 aromatic rings. The molecule has 30 heavy (non-hydrogen) atoms. The maximum absolute atomic E-state index is 13.3. The fourth-order valence-corrected chi connectivity index (χ4v) is 3.39. The van der Waals surface area contributed by atoms with E-state index in [2.05, 4.69) is 10.3 Å². The first-order valence-electron chi connectivity index (χ1n) is 9.88. The van der Waals surface area contributed by atoms with Crippen molar-refractivity contribution >= 4 is 23.7 Å². The lowest BCUT2D eigenvalue weighted by molar-refractivity contribution is -0.116. The number of benzene rings is 3. The van der Waals surface area contributed by atoms with E-state index in [1.54, 1.807) is 12.4 Å². The molecule has 0 radical (unpaired) electrons. The minimum absolute atomic E-state index is 0.0531. The van der Waals surface area contributed by atoms with Gasteiger partial charge in [-0.3, -0.25) is 9.78 Å². The van der Waals surface area contributed by atoms with Gasteiger partial charge in [-0.05, 0) is 46.5 Å². The summed E-state index contributed by atoms with van der Waals surface area (Å²) in [5, 5.41) is 3.09. The van der Waals surface area contributed by atoms with Gasteiger partial charge in [0.2, 0.25) is 5.91 Å². The average molecular weight is 390 g/mol. The van der Waals surface area contributed by atoms with Gasteiger partial charge in [-0.1, -0.05) is 84.9 Å². The van der Waals surface area contributed by atoms with Crippen LogP contribution in [0.2, 0.25) is 0 Å². The zero-order valence-corrected chi connectivity index (χ0v) is 16.5. The summed E-state index contributed by atoms with van der Waals surface area (Å²) < 4.78 is 0. The van der Waals surface area contributed by atoms with Crippen LogP contribution in [0, 0.1) is 0 Å². The number of pyridine rings is 1. The Morgan fingerprint density at radius 3 is 1.93 bits per heavy atom. The number of aromatic nitrogens is 1. The number of hydrogen-bond acceptors (Lipinski definition) is 2. The molecule has 0 unspecified atom stereocenters. The Balaban J connectivity index is 1.56. The summed E-state index contributed by atoms with van der Waals surface area (Å²) in [6, 6.07) is 31.5. The van der Waals surface area contributed by atoms with E-state index in [4.69, 9.17) is 0 Å². The highest BCUT2D eigenvalue weighted by atomic mass is 16.1. The Kier molecular flexibility index (Phi) is 6.11. The Morgan fingerprint density at radius 2 is 1.30 bits per heavy atom. The molecule has 146 valence electrons. The molecule has 0 aliphatic carbocycles. The van der Waals surface area contributed by atoms with Crippen molar-refractivity contribution < 1.29 is 4.79 Å². The number of carbonyl (C=O) groups excluding carboxylic acids is 1. The van der Waals surface area contributed by atoms with Crippen LogP contribution in [-0.4, -0.2) is 10.9 Å². The summed E-state index contributed by atoms with van der Waals surface area (Å²) in [4.78, 5) is 17.3. The molecule has 1 N–H and O–H groups in total. The summed E-state index contributed by atoms with van der Waals surface area (Å²) in [6.07, 6.45) is 7.59. The van der Waals surface area contributed by atoms with E-state index >= 15 is 0 Å². The van der Waals surface area contributed by atoms with E-state index < -0.39 is 0 Å².